The molecule has 0 spiro atoms. The number of nitrogens with one attached hydrogen (secondary N) is 1. The van der Waals surface area contributed by atoms with Crippen LogP contribution in [0.2, 0.25) is 5.15 Å². The topological polar surface area (TPSA) is 89.3 Å². The summed E-state index contributed by atoms with van der Waals surface area (Å²) in [5.41, 5.74) is 8.52. The summed E-state index contributed by atoms with van der Waals surface area (Å²) in [6, 6.07) is 3.53. The van der Waals surface area contributed by atoms with Gasteiger partial charge in [-0.15, -0.1) is 0 Å². The van der Waals surface area contributed by atoms with Crippen molar-refractivity contribution in [2.45, 2.75) is 0 Å². The molecule has 3 N–H and O–H groups in total. The van der Waals surface area contributed by atoms with E-state index in [1.807, 2.05) is 0 Å². The maximum Gasteiger partial charge on any atom is 0.174 e. The van der Waals surface area contributed by atoms with Crippen molar-refractivity contribution in [2.24, 2.45) is 5.10 Å². The number of hydrogen-bond acceptors (Lipinski definition) is 6. The summed E-state index contributed by atoms with van der Waals surface area (Å²) in [4.78, 5) is 7.60. The van der Waals surface area contributed by atoms with Crippen LogP contribution >= 0.6 is 11.6 Å². The smallest absolute Gasteiger partial charge is 0.174 e. The van der Waals surface area contributed by atoms with Crippen molar-refractivity contribution in [1.29, 1.82) is 0 Å². The number of anilines is 2. The fraction of sp³-hybridized carbons (Fsp3) is 0. The SMILES string of the molecule is Nc1c(Cl)ncnc1NN=Cc1ccco1. The van der Waals surface area contributed by atoms with Gasteiger partial charge in [0.2, 0.25) is 0 Å². The summed E-state index contributed by atoms with van der Waals surface area (Å²) in [5, 5.41) is 4.07. The van der Waals surface area contributed by atoms with E-state index in [0.29, 0.717) is 11.6 Å². The van der Waals surface area contributed by atoms with Crippen molar-refractivity contribution in [3.63, 3.8) is 0 Å². The molecule has 0 atom stereocenters. The number of nitrogen functional groups attached to an aromatic ring is 1. The quantitative estimate of drug-likeness (QED) is 0.482. The van der Waals surface area contributed by atoms with Crippen molar-refractivity contribution in [3.8, 4) is 0 Å². The van der Waals surface area contributed by atoms with E-state index in [9.17, 15) is 0 Å². The minimum Gasteiger partial charge on any atom is -0.463 e. The maximum absolute atomic E-state index is 5.71. The van der Waals surface area contributed by atoms with Gasteiger partial charge < -0.3 is 10.2 Å². The van der Waals surface area contributed by atoms with E-state index < -0.39 is 0 Å². The monoisotopic (exact) mass is 237 g/mol. The van der Waals surface area contributed by atoms with Crippen molar-refractivity contribution < 1.29 is 4.42 Å². The van der Waals surface area contributed by atoms with Gasteiger partial charge in [-0.1, -0.05) is 11.6 Å². The average molecular weight is 238 g/mol. The number of hydrazone groups is 1. The Morgan fingerprint density at radius 3 is 3.12 bits per heavy atom. The summed E-state index contributed by atoms with van der Waals surface area (Å²) in [6.45, 7) is 0. The largest absolute Gasteiger partial charge is 0.463 e. The van der Waals surface area contributed by atoms with E-state index in [0.717, 1.165) is 0 Å². The highest BCUT2D eigenvalue weighted by atomic mass is 35.5. The Bertz CT molecular complexity index is 497. The second-order valence-electron chi connectivity index (χ2n) is 2.81. The number of nitrogens with two attached hydrogens (primary N) is 1. The van der Waals surface area contributed by atoms with Gasteiger partial charge in [-0.05, 0) is 12.1 Å². The lowest BCUT2D eigenvalue weighted by molar-refractivity contribution is 0.560. The fourth-order valence-corrected chi connectivity index (χ4v) is 1.12. The lowest BCUT2D eigenvalue weighted by atomic mass is 10.5. The Morgan fingerprint density at radius 2 is 2.38 bits per heavy atom. The highest BCUT2D eigenvalue weighted by molar-refractivity contribution is 6.32. The Labute approximate surface area is 96.1 Å². The maximum atomic E-state index is 5.71. The fourth-order valence-electron chi connectivity index (χ4n) is 0.985. The van der Waals surface area contributed by atoms with Crippen LogP contribution < -0.4 is 11.2 Å². The molecule has 0 aliphatic rings. The van der Waals surface area contributed by atoms with E-state index in [1.54, 1.807) is 18.4 Å². The van der Waals surface area contributed by atoms with Crippen molar-refractivity contribution in [2.75, 3.05) is 11.2 Å². The summed E-state index contributed by atoms with van der Waals surface area (Å²) in [6.07, 6.45) is 4.34. The van der Waals surface area contributed by atoms with Gasteiger partial charge in [0.25, 0.3) is 0 Å². The normalized spacial score (nSPS) is 10.8. The summed E-state index contributed by atoms with van der Waals surface area (Å²) in [5.74, 6) is 0.967. The predicted molar refractivity (Wildman–Crippen MR) is 61.4 cm³/mol. The third-order valence-corrected chi connectivity index (χ3v) is 2.04. The molecule has 0 fully saturated rings. The molecule has 7 heteroatoms. The molecule has 0 unspecified atom stereocenters. The van der Waals surface area contributed by atoms with Gasteiger partial charge in [0.15, 0.2) is 11.0 Å². The van der Waals surface area contributed by atoms with E-state index >= 15 is 0 Å². The summed E-state index contributed by atoms with van der Waals surface area (Å²) >= 11 is 5.71. The van der Waals surface area contributed by atoms with Crippen LogP contribution in [0.25, 0.3) is 0 Å². The van der Waals surface area contributed by atoms with Crippen LogP contribution in [-0.4, -0.2) is 16.2 Å². The number of furan rings is 1. The first-order valence-electron chi connectivity index (χ1n) is 4.36. The highest BCUT2D eigenvalue weighted by Gasteiger charge is 2.03. The van der Waals surface area contributed by atoms with Gasteiger partial charge in [-0.2, -0.15) is 5.10 Å². The van der Waals surface area contributed by atoms with E-state index in [4.69, 9.17) is 21.8 Å². The lowest BCUT2D eigenvalue weighted by Crippen LogP contribution is -2.00. The first-order valence-corrected chi connectivity index (χ1v) is 4.73. The molecule has 0 aliphatic carbocycles. The zero-order valence-corrected chi connectivity index (χ0v) is 8.85. The number of halogens is 1. The molecule has 0 amide bonds. The van der Waals surface area contributed by atoms with Crippen LogP contribution in [0, 0.1) is 0 Å². The Kier molecular flexibility index (Phi) is 3.02. The predicted octanol–water partition coefficient (Wildman–Crippen LogP) is 1.75. The lowest BCUT2D eigenvalue weighted by Gasteiger charge is -2.02. The summed E-state index contributed by atoms with van der Waals surface area (Å²) < 4.78 is 5.05. The molecule has 16 heavy (non-hydrogen) atoms. The van der Waals surface area contributed by atoms with E-state index in [2.05, 4.69) is 20.5 Å². The highest BCUT2D eigenvalue weighted by Crippen LogP contribution is 2.21. The van der Waals surface area contributed by atoms with Crippen molar-refractivity contribution in [1.82, 2.24) is 9.97 Å². The molecule has 0 aromatic carbocycles. The van der Waals surface area contributed by atoms with Crippen molar-refractivity contribution in [3.05, 3.63) is 35.6 Å². The van der Waals surface area contributed by atoms with Crippen LogP contribution in [-0.2, 0) is 0 Å². The van der Waals surface area contributed by atoms with Crippen LogP contribution in [0.3, 0.4) is 0 Å². The van der Waals surface area contributed by atoms with Crippen LogP contribution in [0.15, 0.2) is 34.2 Å². The zero-order chi connectivity index (χ0) is 11.4. The zero-order valence-electron chi connectivity index (χ0n) is 8.09. The molecule has 82 valence electrons. The van der Waals surface area contributed by atoms with Crippen LogP contribution in [0.1, 0.15) is 5.76 Å². The first-order chi connectivity index (χ1) is 7.77. The molecule has 0 saturated heterocycles. The molecule has 0 bridgehead atoms. The number of nitrogens with zero attached hydrogens (tertiary/aromatic N) is 3. The number of rotatable bonds is 3. The van der Waals surface area contributed by atoms with Gasteiger partial charge in [-0.3, -0.25) is 5.43 Å². The minimum absolute atomic E-state index is 0.186. The molecule has 0 saturated carbocycles. The second-order valence-corrected chi connectivity index (χ2v) is 3.17. The Hall–Kier alpha value is -2.08. The molecule has 2 rings (SSSR count). The number of aromatic nitrogens is 2. The second kappa shape index (κ2) is 4.63. The molecule has 2 aromatic rings. The van der Waals surface area contributed by atoms with Gasteiger partial charge >= 0.3 is 0 Å². The molecule has 0 radical (unpaired) electrons. The third-order valence-electron chi connectivity index (χ3n) is 1.74. The number of hydrogen-bond donors (Lipinski definition) is 2. The Morgan fingerprint density at radius 1 is 1.50 bits per heavy atom. The molecule has 6 nitrogen and oxygen atoms in total. The molecule has 2 heterocycles. The Balaban J connectivity index is 2.08. The van der Waals surface area contributed by atoms with Gasteiger partial charge in [0.05, 0.1) is 12.5 Å². The third kappa shape index (κ3) is 2.29. The molecule has 0 aliphatic heterocycles. The summed E-state index contributed by atoms with van der Waals surface area (Å²) in [7, 11) is 0. The molecule has 2 aromatic heterocycles. The van der Waals surface area contributed by atoms with Gasteiger partial charge in [-0.25, -0.2) is 9.97 Å². The van der Waals surface area contributed by atoms with Gasteiger partial charge in [0, 0.05) is 0 Å². The molecular weight excluding hydrogens is 230 g/mol. The first kappa shape index (κ1) is 10.4. The standard InChI is InChI=1S/C9H8ClN5O/c10-8-7(11)9(13-5-12-8)15-14-4-6-2-1-3-16-6/h1-5H,11H2,(H,12,13,15). The van der Waals surface area contributed by atoms with Gasteiger partial charge in [0.1, 0.15) is 17.8 Å². The molecular formula is C9H8ClN5O. The average Bonchev–Trinajstić information content (AvgIpc) is 2.77. The van der Waals surface area contributed by atoms with E-state index in [-0.39, 0.29) is 10.8 Å². The van der Waals surface area contributed by atoms with Crippen molar-refractivity contribution >= 4 is 29.3 Å². The van der Waals surface area contributed by atoms with E-state index in [1.165, 1.54) is 12.5 Å². The minimum atomic E-state index is 0.186. The van der Waals surface area contributed by atoms with Crippen LogP contribution in [0.5, 0.6) is 0 Å². The van der Waals surface area contributed by atoms with Crippen LogP contribution in [0.4, 0.5) is 11.5 Å².